The van der Waals surface area contributed by atoms with Crippen molar-refractivity contribution in [2.24, 2.45) is 17.8 Å². The van der Waals surface area contributed by atoms with E-state index in [0.717, 1.165) is 23.8 Å². The van der Waals surface area contributed by atoms with Crippen LogP contribution in [0.5, 0.6) is 0 Å². The fourth-order valence-electron chi connectivity index (χ4n) is 2.07. The quantitative estimate of drug-likeness (QED) is 0.300. The summed E-state index contributed by atoms with van der Waals surface area (Å²) in [4.78, 5) is 10.7. The highest BCUT2D eigenvalue weighted by atomic mass is 35.5. The molecule has 0 aliphatic heterocycles. The largest absolute Gasteiger partial charge is 0.276 e. The van der Waals surface area contributed by atoms with Crippen molar-refractivity contribution in [1.29, 1.82) is 0 Å². The zero-order valence-corrected chi connectivity index (χ0v) is 13.8. The minimum atomic E-state index is -0.405. The first-order valence-electron chi connectivity index (χ1n) is 7.41. The van der Waals surface area contributed by atoms with Crippen molar-refractivity contribution in [1.82, 2.24) is 0 Å². The number of halogens is 1. The summed E-state index contributed by atoms with van der Waals surface area (Å²) in [6, 6.07) is 0. The van der Waals surface area contributed by atoms with Crippen LogP contribution in [0.25, 0.3) is 0 Å². The van der Waals surface area contributed by atoms with Crippen LogP contribution < -0.4 is 0 Å². The van der Waals surface area contributed by atoms with Gasteiger partial charge < -0.3 is 0 Å². The summed E-state index contributed by atoms with van der Waals surface area (Å²) in [5.74, 6) is 2.33. The topological polar surface area (TPSA) is 17.1 Å². The summed E-state index contributed by atoms with van der Waals surface area (Å²) in [5, 5.41) is -0.405. The lowest BCUT2D eigenvalue weighted by Crippen LogP contribution is -2.08. The highest BCUT2D eigenvalue weighted by molar-refractivity contribution is 6.66. The van der Waals surface area contributed by atoms with E-state index in [1.54, 1.807) is 0 Å². The first-order valence-corrected chi connectivity index (χ1v) is 7.78. The molecular formula is C17H29ClO. The predicted octanol–water partition coefficient (Wildman–Crippen LogP) is 5.74. The smallest absolute Gasteiger partial charge is 0.245 e. The Kier molecular flexibility index (Phi) is 9.95. The maximum absolute atomic E-state index is 10.7. The van der Waals surface area contributed by atoms with Crippen LogP contribution in [0.4, 0.5) is 0 Å². The van der Waals surface area contributed by atoms with Gasteiger partial charge in [-0.25, -0.2) is 0 Å². The van der Waals surface area contributed by atoms with Gasteiger partial charge in [0, 0.05) is 6.08 Å². The molecule has 0 aliphatic rings. The fraction of sp³-hybridized carbons (Fsp3) is 0.706. The van der Waals surface area contributed by atoms with Gasteiger partial charge in [-0.1, -0.05) is 59.1 Å². The van der Waals surface area contributed by atoms with Gasteiger partial charge in [-0.15, -0.1) is 0 Å². The molecule has 3 unspecified atom stereocenters. The van der Waals surface area contributed by atoms with Gasteiger partial charge in [0.25, 0.3) is 0 Å². The van der Waals surface area contributed by atoms with E-state index in [1.165, 1.54) is 25.3 Å². The molecule has 0 saturated carbocycles. The molecule has 0 saturated heterocycles. The Morgan fingerprint density at radius 1 is 1.16 bits per heavy atom. The number of hydrogen-bond donors (Lipinski definition) is 0. The maximum Gasteiger partial charge on any atom is 0.245 e. The van der Waals surface area contributed by atoms with Crippen LogP contribution in [0, 0.1) is 17.8 Å². The van der Waals surface area contributed by atoms with Gasteiger partial charge >= 0.3 is 0 Å². The van der Waals surface area contributed by atoms with Crippen LogP contribution >= 0.6 is 11.6 Å². The van der Waals surface area contributed by atoms with Crippen molar-refractivity contribution in [3.8, 4) is 0 Å². The van der Waals surface area contributed by atoms with Crippen molar-refractivity contribution in [2.45, 2.75) is 60.3 Å². The number of rotatable bonds is 9. The Hall–Kier alpha value is -0.560. The highest BCUT2D eigenvalue weighted by Crippen LogP contribution is 2.23. The van der Waals surface area contributed by atoms with Crippen LogP contribution in [0.1, 0.15) is 60.3 Å². The standard InChI is InChI=1S/C17H29ClO/c1-6-15(4)16(5)11-10-13(2)8-7-9-14(3)12-17(18)19/h7,9,12-13,15-16H,6,8,10-11H2,1-5H3/b9-7+,14-12+. The van der Waals surface area contributed by atoms with Crippen LogP contribution in [-0.4, -0.2) is 5.24 Å². The van der Waals surface area contributed by atoms with Crippen molar-refractivity contribution in [3.63, 3.8) is 0 Å². The molecule has 0 aromatic heterocycles. The first-order chi connectivity index (χ1) is 8.86. The second-order valence-electron chi connectivity index (χ2n) is 5.88. The SMILES string of the molecule is CCC(C)C(C)CCC(C)C/C=C/C(C)=C/C(=O)Cl. The summed E-state index contributed by atoms with van der Waals surface area (Å²) < 4.78 is 0. The number of hydrogen-bond acceptors (Lipinski definition) is 1. The van der Waals surface area contributed by atoms with Crippen LogP contribution in [-0.2, 0) is 4.79 Å². The first kappa shape index (κ1) is 18.4. The third-order valence-corrected chi connectivity index (χ3v) is 4.10. The molecule has 110 valence electrons. The van der Waals surface area contributed by atoms with Crippen LogP contribution in [0.15, 0.2) is 23.8 Å². The van der Waals surface area contributed by atoms with E-state index in [0.29, 0.717) is 5.92 Å². The molecule has 0 aliphatic carbocycles. The third-order valence-electron chi connectivity index (χ3n) is 3.99. The second kappa shape index (κ2) is 10.3. The highest BCUT2D eigenvalue weighted by Gasteiger charge is 2.11. The van der Waals surface area contributed by atoms with E-state index in [4.69, 9.17) is 11.6 Å². The summed E-state index contributed by atoms with van der Waals surface area (Å²) in [5.41, 5.74) is 0.917. The van der Waals surface area contributed by atoms with E-state index in [9.17, 15) is 4.79 Å². The summed E-state index contributed by atoms with van der Waals surface area (Å²) in [6.45, 7) is 11.1. The van der Waals surface area contributed by atoms with E-state index in [2.05, 4.69) is 33.8 Å². The molecule has 0 bridgehead atoms. The number of allylic oxidation sites excluding steroid dienone is 4. The predicted molar refractivity (Wildman–Crippen MR) is 85.4 cm³/mol. The van der Waals surface area contributed by atoms with E-state index < -0.39 is 5.24 Å². The zero-order valence-electron chi connectivity index (χ0n) is 13.1. The molecule has 19 heavy (non-hydrogen) atoms. The number of carbonyl (C=O) groups excluding carboxylic acids is 1. The van der Waals surface area contributed by atoms with Crippen molar-refractivity contribution in [3.05, 3.63) is 23.8 Å². The van der Waals surface area contributed by atoms with Gasteiger partial charge in [-0.2, -0.15) is 0 Å². The van der Waals surface area contributed by atoms with Gasteiger partial charge in [0.2, 0.25) is 5.24 Å². The van der Waals surface area contributed by atoms with Crippen LogP contribution in [0.2, 0.25) is 0 Å². The minimum Gasteiger partial charge on any atom is -0.276 e. The van der Waals surface area contributed by atoms with Crippen LogP contribution in [0.3, 0.4) is 0 Å². The Labute approximate surface area is 124 Å². The molecule has 0 aromatic rings. The molecule has 0 N–H and O–H groups in total. The molecule has 0 fully saturated rings. The Bertz CT molecular complexity index is 317. The molecule has 0 aromatic carbocycles. The van der Waals surface area contributed by atoms with E-state index >= 15 is 0 Å². The maximum atomic E-state index is 10.7. The van der Waals surface area contributed by atoms with Gasteiger partial charge in [-0.05, 0) is 48.3 Å². The van der Waals surface area contributed by atoms with Gasteiger partial charge in [0.1, 0.15) is 0 Å². The van der Waals surface area contributed by atoms with Crippen molar-refractivity contribution >= 4 is 16.8 Å². The van der Waals surface area contributed by atoms with Gasteiger partial charge in [-0.3, -0.25) is 4.79 Å². The molecular weight excluding hydrogens is 256 g/mol. The fourth-order valence-corrected chi connectivity index (χ4v) is 2.24. The molecule has 1 nitrogen and oxygen atoms in total. The zero-order chi connectivity index (χ0) is 14.8. The summed E-state index contributed by atoms with van der Waals surface area (Å²) >= 11 is 5.29. The third kappa shape index (κ3) is 9.95. The second-order valence-corrected chi connectivity index (χ2v) is 6.25. The summed E-state index contributed by atoms with van der Waals surface area (Å²) in [6.07, 6.45) is 10.5. The lowest BCUT2D eigenvalue weighted by atomic mass is 9.86. The van der Waals surface area contributed by atoms with Gasteiger partial charge in [0.05, 0.1) is 0 Å². The van der Waals surface area contributed by atoms with Crippen molar-refractivity contribution in [2.75, 3.05) is 0 Å². The monoisotopic (exact) mass is 284 g/mol. The molecule has 0 radical (unpaired) electrons. The Morgan fingerprint density at radius 3 is 2.32 bits per heavy atom. The normalized spacial score (nSPS) is 17.5. The summed E-state index contributed by atoms with van der Waals surface area (Å²) in [7, 11) is 0. The van der Waals surface area contributed by atoms with Crippen molar-refractivity contribution < 1.29 is 4.79 Å². The molecule has 0 rings (SSSR count). The number of carbonyl (C=O) groups is 1. The Balaban J connectivity index is 3.96. The molecule has 2 heteroatoms. The van der Waals surface area contributed by atoms with E-state index in [-0.39, 0.29) is 0 Å². The lowest BCUT2D eigenvalue weighted by Gasteiger charge is -2.19. The minimum absolute atomic E-state index is 0.405. The lowest BCUT2D eigenvalue weighted by molar-refractivity contribution is -0.107. The average molecular weight is 285 g/mol. The van der Waals surface area contributed by atoms with E-state index in [1.807, 2.05) is 13.0 Å². The molecule has 0 spiro atoms. The molecule has 0 amide bonds. The van der Waals surface area contributed by atoms with Gasteiger partial charge in [0.15, 0.2) is 0 Å². The molecule has 0 heterocycles. The Morgan fingerprint density at radius 2 is 1.79 bits per heavy atom. The average Bonchev–Trinajstić information content (AvgIpc) is 2.33. The molecule has 3 atom stereocenters.